The van der Waals surface area contributed by atoms with Gasteiger partial charge >= 0.3 is 64.8 Å². The number of halogens is 1. The van der Waals surface area contributed by atoms with Gasteiger partial charge in [0.05, 0.1) is 13.2 Å². The zero-order valence-electron chi connectivity index (χ0n) is 19.7. The largest absolute Gasteiger partial charge is 1.00 e. The fraction of sp³-hybridized carbons (Fsp3) is 0.733. The third-order valence-electron chi connectivity index (χ3n) is 5.10. The molecule has 206 valence electrons. The fourth-order valence-electron chi connectivity index (χ4n) is 3.31. The summed E-state index contributed by atoms with van der Waals surface area (Å²) in [4.78, 5) is 48.8. The summed E-state index contributed by atoms with van der Waals surface area (Å²) < 4.78 is 60.7. The number of phosphoric acid groups is 2. The van der Waals surface area contributed by atoms with E-state index in [2.05, 4.69) is 18.1 Å². The zero-order chi connectivity index (χ0) is 27.0. The Kier molecular flexibility index (Phi) is 14.1. The van der Waals surface area contributed by atoms with E-state index in [1.54, 1.807) is 0 Å². The summed E-state index contributed by atoms with van der Waals surface area (Å²) in [6.07, 6.45) is -17.1. The van der Waals surface area contributed by atoms with E-state index < -0.39 is 95.4 Å². The average molecular weight is 612 g/mol. The Morgan fingerprint density at radius 2 is 1.61 bits per heavy atom. The van der Waals surface area contributed by atoms with Gasteiger partial charge < -0.3 is 49.3 Å². The Morgan fingerprint density at radius 3 is 2.18 bits per heavy atom. The molecule has 2 saturated heterocycles. The summed E-state index contributed by atoms with van der Waals surface area (Å²) in [5.41, 5.74) is -1.80. The van der Waals surface area contributed by atoms with Gasteiger partial charge in [-0.2, -0.15) is 0 Å². The maximum Gasteiger partial charge on any atom is 1.00 e. The second-order valence-electron chi connectivity index (χ2n) is 7.59. The summed E-state index contributed by atoms with van der Waals surface area (Å²) in [6.45, 7) is -2.13. The van der Waals surface area contributed by atoms with Gasteiger partial charge in [-0.3, -0.25) is 28.0 Å². The molecule has 7 unspecified atom stereocenters. The molecule has 2 aliphatic heterocycles. The molecule has 2 fully saturated rings. The Labute approximate surface area is 256 Å². The van der Waals surface area contributed by atoms with Crippen molar-refractivity contribution in [3.63, 3.8) is 0 Å². The number of hydrogen-bond acceptors (Lipinski definition) is 16. The topological polar surface area (TPSA) is 282 Å². The van der Waals surface area contributed by atoms with Crippen LogP contribution in [0.15, 0.2) is 21.9 Å². The average Bonchev–Trinajstić information content (AvgIpc) is 3.06. The standard InChI is InChI=1S/C15H23FN2O16P2.2Na/c16-8-11(23)9(21)5(3-19)32-14(8)33-36(28,29)34-35(26,27)30-4-6-10(22)12(24)13(31-6)18-2-1-7(20)17-15(18)25;;/h1-2,5-6,8-14,19,21-24H,3-4H2,(H,26,27)(H,28,29)(H,17,20,25);;/q;2*+1/p-2/t5?,6-,8?,9?,10-,11?,12-,13-,14?;;/m1../s1. The molecular weight excluding hydrogens is 591 g/mol. The maximum atomic E-state index is 14.1. The predicted octanol–water partition coefficient (Wildman–Crippen LogP) is -11.1. The number of aliphatic hydroxyl groups is 5. The van der Waals surface area contributed by atoms with Crippen LogP contribution < -0.4 is 80.2 Å². The van der Waals surface area contributed by atoms with Crippen LogP contribution in [-0.4, -0.2) is 97.4 Å². The third kappa shape index (κ3) is 8.80. The molecule has 1 aromatic rings. The smallest absolute Gasteiger partial charge is 0.756 e. The zero-order valence-corrected chi connectivity index (χ0v) is 25.5. The number of H-pyrrole nitrogens is 1. The van der Waals surface area contributed by atoms with E-state index in [-0.39, 0.29) is 59.1 Å². The van der Waals surface area contributed by atoms with Crippen molar-refractivity contribution in [3.8, 4) is 0 Å². The van der Waals surface area contributed by atoms with E-state index in [0.29, 0.717) is 4.57 Å². The van der Waals surface area contributed by atoms with Crippen LogP contribution in [0.3, 0.4) is 0 Å². The van der Waals surface area contributed by atoms with Gasteiger partial charge in [0, 0.05) is 12.3 Å². The van der Waals surface area contributed by atoms with Gasteiger partial charge in [-0.05, 0) is 0 Å². The minimum absolute atomic E-state index is 0. The van der Waals surface area contributed by atoms with Crippen molar-refractivity contribution in [2.75, 3.05) is 13.2 Å². The molecule has 6 N–H and O–H groups in total. The first-order valence-electron chi connectivity index (χ1n) is 9.92. The van der Waals surface area contributed by atoms with Crippen molar-refractivity contribution in [1.29, 1.82) is 0 Å². The van der Waals surface area contributed by atoms with Crippen molar-refractivity contribution in [1.82, 2.24) is 9.55 Å². The molecule has 0 radical (unpaired) electrons. The molecular formula is C15H21FN2Na2O16P2. The monoisotopic (exact) mass is 612 g/mol. The van der Waals surface area contributed by atoms with E-state index in [1.165, 1.54) is 0 Å². The van der Waals surface area contributed by atoms with E-state index in [1.807, 2.05) is 4.98 Å². The summed E-state index contributed by atoms with van der Waals surface area (Å²) >= 11 is 0. The minimum Gasteiger partial charge on any atom is -0.756 e. The number of nitrogens with one attached hydrogen (secondary N) is 1. The molecule has 38 heavy (non-hydrogen) atoms. The van der Waals surface area contributed by atoms with Crippen LogP contribution in [0.5, 0.6) is 0 Å². The van der Waals surface area contributed by atoms with Gasteiger partial charge in [-0.1, -0.05) is 0 Å². The number of alkyl halides is 1. The van der Waals surface area contributed by atoms with Crippen molar-refractivity contribution >= 4 is 15.6 Å². The van der Waals surface area contributed by atoms with Crippen LogP contribution in [0, 0.1) is 0 Å². The normalized spacial score (nSPS) is 36.4. The van der Waals surface area contributed by atoms with Crippen LogP contribution in [0.1, 0.15) is 6.23 Å². The quantitative estimate of drug-likeness (QED) is 0.111. The second-order valence-corrected chi connectivity index (χ2v) is 10.5. The molecule has 0 amide bonds. The number of phosphoric ester groups is 2. The van der Waals surface area contributed by atoms with E-state index in [9.17, 15) is 53.3 Å². The van der Waals surface area contributed by atoms with E-state index >= 15 is 0 Å². The molecule has 2 aliphatic rings. The molecule has 23 heteroatoms. The van der Waals surface area contributed by atoms with Crippen LogP contribution in [0.25, 0.3) is 0 Å². The molecule has 3 rings (SSSR count). The number of nitrogens with zero attached hydrogens (tertiary/aromatic N) is 1. The first-order valence-corrected chi connectivity index (χ1v) is 12.8. The fourth-order valence-corrected chi connectivity index (χ4v) is 5.39. The summed E-state index contributed by atoms with van der Waals surface area (Å²) in [7, 11) is -11.8. The third-order valence-corrected chi connectivity index (χ3v) is 7.63. The van der Waals surface area contributed by atoms with Gasteiger partial charge in [-0.15, -0.1) is 0 Å². The summed E-state index contributed by atoms with van der Waals surface area (Å²) in [6, 6.07) is 0.902. The Morgan fingerprint density at radius 1 is 1.00 bits per heavy atom. The molecule has 11 atom stereocenters. The molecule has 3 heterocycles. The number of aliphatic hydroxyl groups excluding tert-OH is 5. The first-order chi connectivity index (χ1) is 16.7. The molecule has 18 nitrogen and oxygen atoms in total. The van der Waals surface area contributed by atoms with Crippen molar-refractivity contribution in [3.05, 3.63) is 33.1 Å². The van der Waals surface area contributed by atoms with Crippen molar-refractivity contribution in [2.45, 2.75) is 55.3 Å². The predicted molar refractivity (Wildman–Crippen MR) is 103 cm³/mol. The minimum atomic E-state index is -5.98. The summed E-state index contributed by atoms with van der Waals surface area (Å²) in [5, 5.41) is 48.3. The Hall–Kier alpha value is 0.590. The molecule has 0 saturated carbocycles. The number of ether oxygens (including phenoxy) is 2. The van der Waals surface area contributed by atoms with Gasteiger partial charge in [-0.25, -0.2) is 13.5 Å². The molecule has 0 aliphatic carbocycles. The van der Waals surface area contributed by atoms with Gasteiger partial charge in [0.2, 0.25) is 0 Å². The molecule has 0 bridgehead atoms. The van der Waals surface area contributed by atoms with Gasteiger partial charge in [0.1, 0.15) is 36.6 Å². The number of aromatic amines is 1. The number of hydrogen-bond donors (Lipinski definition) is 6. The first kappa shape index (κ1) is 36.6. The molecule has 0 aromatic carbocycles. The Bertz CT molecular complexity index is 1140. The van der Waals surface area contributed by atoms with Gasteiger partial charge in [0.15, 0.2) is 18.7 Å². The maximum absolute atomic E-state index is 14.1. The van der Waals surface area contributed by atoms with Crippen molar-refractivity contribution in [2.24, 2.45) is 0 Å². The van der Waals surface area contributed by atoms with Crippen LogP contribution in [0.2, 0.25) is 0 Å². The van der Waals surface area contributed by atoms with Crippen LogP contribution >= 0.6 is 15.6 Å². The van der Waals surface area contributed by atoms with E-state index in [4.69, 9.17) is 9.84 Å². The Balaban J connectivity index is 0.00000361. The number of rotatable bonds is 9. The second kappa shape index (κ2) is 14.7. The van der Waals surface area contributed by atoms with Gasteiger partial charge in [0.25, 0.3) is 21.2 Å². The number of aromatic nitrogens is 2. The van der Waals surface area contributed by atoms with E-state index in [0.717, 1.165) is 12.3 Å². The van der Waals surface area contributed by atoms with Crippen LogP contribution in [0.4, 0.5) is 4.39 Å². The SMILES string of the molecule is O=c1ccn([C@@H]2O[C@H](COP(=O)([O-])OP(=O)([O-])OC3OC(CO)C(O)C(O)C3F)[C@@H](O)[C@H]2O)c(=O)[nH]1.[Na+].[Na+]. The van der Waals surface area contributed by atoms with Crippen molar-refractivity contribution < 1.29 is 131 Å². The van der Waals surface area contributed by atoms with Crippen LogP contribution in [-0.2, 0) is 32.0 Å². The molecule has 0 spiro atoms. The molecule has 1 aromatic heterocycles. The summed E-state index contributed by atoms with van der Waals surface area (Å²) in [5.74, 6) is 0.